The fourth-order valence-corrected chi connectivity index (χ4v) is 6.52. The van der Waals surface area contributed by atoms with Gasteiger partial charge in [0, 0.05) is 26.2 Å². The van der Waals surface area contributed by atoms with Crippen LogP contribution in [-0.2, 0) is 21.2 Å². The summed E-state index contributed by atoms with van der Waals surface area (Å²) in [5.74, 6) is 0.216. The molecule has 4 rings (SSSR count). The summed E-state index contributed by atoms with van der Waals surface area (Å²) in [5, 5.41) is 0. The van der Waals surface area contributed by atoms with Gasteiger partial charge in [0.1, 0.15) is 10.6 Å². The zero-order valence-electron chi connectivity index (χ0n) is 19.4. The number of sulfonamides is 1. The molecule has 1 atom stereocenters. The van der Waals surface area contributed by atoms with Crippen LogP contribution in [0.15, 0.2) is 53.4 Å². The van der Waals surface area contributed by atoms with Crippen LogP contribution in [0.5, 0.6) is 5.75 Å². The van der Waals surface area contributed by atoms with E-state index in [9.17, 15) is 13.2 Å². The molecule has 0 saturated carbocycles. The lowest BCUT2D eigenvalue weighted by atomic mass is 9.87. The van der Waals surface area contributed by atoms with Gasteiger partial charge in [0.2, 0.25) is 15.9 Å². The van der Waals surface area contributed by atoms with Crippen LogP contribution in [0.3, 0.4) is 0 Å². The molecule has 0 spiro atoms. The minimum absolute atomic E-state index is 0.0537. The Balaban J connectivity index is 1.55. The van der Waals surface area contributed by atoms with Crippen molar-refractivity contribution in [1.29, 1.82) is 0 Å². The SMILES string of the molecule is COc1ccc(/C=C/C(=O)N(C)C2CCCc3ccccc32)cc1S(=O)(=O)N1CCCCC1. The number of carbonyl (C=O) groups is 1. The van der Waals surface area contributed by atoms with Gasteiger partial charge in [-0.1, -0.05) is 36.8 Å². The van der Waals surface area contributed by atoms with Crippen molar-refractivity contribution in [2.45, 2.75) is 49.5 Å². The van der Waals surface area contributed by atoms with Crippen LogP contribution < -0.4 is 4.74 Å². The number of likely N-dealkylation sites (N-methyl/N-ethyl adjacent to an activating group) is 1. The molecule has 33 heavy (non-hydrogen) atoms. The maximum Gasteiger partial charge on any atom is 0.246 e. The highest BCUT2D eigenvalue weighted by atomic mass is 32.2. The summed E-state index contributed by atoms with van der Waals surface area (Å²) in [4.78, 5) is 14.9. The molecule has 176 valence electrons. The van der Waals surface area contributed by atoms with Crippen LogP contribution in [-0.4, -0.2) is 50.8 Å². The first-order valence-corrected chi connectivity index (χ1v) is 13.1. The van der Waals surface area contributed by atoms with E-state index in [4.69, 9.17) is 4.74 Å². The van der Waals surface area contributed by atoms with Crippen molar-refractivity contribution in [2.24, 2.45) is 0 Å². The number of ether oxygens (including phenoxy) is 1. The van der Waals surface area contributed by atoms with E-state index >= 15 is 0 Å². The molecule has 0 N–H and O–H groups in total. The van der Waals surface area contributed by atoms with E-state index in [2.05, 4.69) is 12.1 Å². The number of methoxy groups -OCH3 is 1. The Morgan fingerprint density at radius 2 is 1.85 bits per heavy atom. The Morgan fingerprint density at radius 1 is 1.09 bits per heavy atom. The first kappa shape index (κ1) is 23.5. The highest BCUT2D eigenvalue weighted by molar-refractivity contribution is 7.89. The number of nitrogens with zero attached hydrogens (tertiary/aromatic N) is 2. The molecule has 1 unspecified atom stereocenters. The van der Waals surface area contributed by atoms with Gasteiger partial charge >= 0.3 is 0 Å². The van der Waals surface area contributed by atoms with Gasteiger partial charge in [0.25, 0.3) is 0 Å². The molecule has 1 fully saturated rings. The van der Waals surface area contributed by atoms with Crippen molar-refractivity contribution in [2.75, 3.05) is 27.2 Å². The first-order valence-electron chi connectivity index (χ1n) is 11.6. The molecule has 1 aliphatic heterocycles. The van der Waals surface area contributed by atoms with Gasteiger partial charge in [-0.25, -0.2) is 8.42 Å². The molecular formula is C26H32N2O4S. The van der Waals surface area contributed by atoms with E-state index in [1.807, 2.05) is 19.2 Å². The Morgan fingerprint density at radius 3 is 2.61 bits per heavy atom. The Hall–Kier alpha value is -2.64. The summed E-state index contributed by atoms with van der Waals surface area (Å²) in [6.07, 6.45) is 9.03. The monoisotopic (exact) mass is 468 g/mol. The zero-order chi connectivity index (χ0) is 23.4. The van der Waals surface area contributed by atoms with Crippen molar-refractivity contribution >= 4 is 22.0 Å². The summed E-state index contributed by atoms with van der Waals surface area (Å²) >= 11 is 0. The van der Waals surface area contributed by atoms with Gasteiger partial charge in [0.05, 0.1) is 13.2 Å². The van der Waals surface area contributed by atoms with E-state index in [0.717, 1.165) is 38.5 Å². The minimum atomic E-state index is -3.65. The molecule has 6 nitrogen and oxygen atoms in total. The normalized spacial score (nSPS) is 19.3. The number of rotatable bonds is 6. The van der Waals surface area contributed by atoms with E-state index in [0.29, 0.717) is 24.4 Å². The molecule has 1 saturated heterocycles. The number of carbonyl (C=O) groups excluding carboxylic acids is 1. The molecule has 1 heterocycles. The molecule has 0 aromatic heterocycles. The topological polar surface area (TPSA) is 66.9 Å². The average Bonchev–Trinajstić information content (AvgIpc) is 2.86. The highest BCUT2D eigenvalue weighted by Gasteiger charge is 2.29. The number of fused-ring (bicyclic) bond motifs is 1. The van der Waals surface area contributed by atoms with Crippen LogP contribution in [0.25, 0.3) is 6.08 Å². The molecule has 0 radical (unpaired) electrons. The van der Waals surface area contributed by atoms with Crippen molar-refractivity contribution < 1.29 is 17.9 Å². The molecule has 2 aromatic rings. The third-order valence-corrected chi connectivity index (χ3v) is 8.61. The van der Waals surface area contributed by atoms with Crippen LogP contribution in [0.4, 0.5) is 0 Å². The van der Waals surface area contributed by atoms with Crippen molar-refractivity contribution in [3.05, 3.63) is 65.2 Å². The molecule has 1 amide bonds. The smallest absolute Gasteiger partial charge is 0.246 e. The minimum Gasteiger partial charge on any atom is -0.495 e. The summed E-state index contributed by atoms with van der Waals surface area (Å²) < 4.78 is 33.3. The first-order chi connectivity index (χ1) is 15.9. The van der Waals surface area contributed by atoms with E-state index < -0.39 is 10.0 Å². The second kappa shape index (κ2) is 10.1. The van der Waals surface area contributed by atoms with Crippen molar-refractivity contribution in [1.82, 2.24) is 9.21 Å². The second-order valence-electron chi connectivity index (χ2n) is 8.76. The van der Waals surface area contributed by atoms with Gasteiger partial charge in [-0.3, -0.25) is 4.79 Å². The van der Waals surface area contributed by atoms with Crippen LogP contribution in [0, 0.1) is 0 Å². The van der Waals surface area contributed by atoms with E-state index in [-0.39, 0.29) is 16.8 Å². The van der Waals surface area contributed by atoms with Crippen molar-refractivity contribution in [3.8, 4) is 5.75 Å². The Kier molecular flexibility index (Phi) is 7.20. The quantitative estimate of drug-likeness (QED) is 0.589. The lowest BCUT2D eigenvalue weighted by Gasteiger charge is -2.32. The molecule has 7 heteroatoms. The third kappa shape index (κ3) is 4.99. The van der Waals surface area contributed by atoms with Gasteiger partial charge in [-0.2, -0.15) is 4.31 Å². The van der Waals surface area contributed by atoms with Crippen molar-refractivity contribution in [3.63, 3.8) is 0 Å². The number of piperidine rings is 1. The fourth-order valence-electron chi connectivity index (χ4n) is 4.81. The zero-order valence-corrected chi connectivity index (χ0v) is 20.2. The van der Waals surface area contributed by atoms with Gasteiger partial charge in [-0.05, 0) is 67.0 Å². The number of amides is 1. The standard InChI is InChI=1S/C26H32N2O4S/c1-27(23-12-8-10-21-9-4-5-11-22(21)23)26(29)16-14-20-13-15-24(32-2)25(19-20)33(30,31)28-17-6-3-7-18-28/h4-5,9,11,13-16,19,23H,3,6-8,10,12,17-18H2,1-2H3/b16-14+. The summed E-state index contributed by atoms with van der Waals surface area (Å²) in [6.45, 7) is 1.05. The molecule has 2 aromatic carbocycles. The predicted octanol–water partition coefficient (Wildman–Crippen LogP) is 4.42. The van der Waals surface area contributed by atoms with Crippen LogP contribution >= 0.6 is 0 Å². The number of hydrogen-bond acceptors (Lipinski definition) is 4. The molecule has 0 bridgehead atoms. The van der Waals surface area contributed by atoms with Crippen LogP contribution in [0.1, 0.15) is 54.8 Å². The molecule has 2 aliphatic rings. The summed E-state index contributed by atoms with van der Waals surface area (Å²) in [7, 11) is -0.348. The lowest BCUT2D eigenvalue weighted by molar-refractivity contribution is -0.127. The molecular weight excluding hydrogens is 436 g/mol. The average molecular weight is 469 g/mol. The van der Waals surface area contributed by atoms with E-state index in [1.165, 1.54) is 28.6 Å². The number of aryl methyl sites for hydroxylation is 1. The number of hydrogen-bond donors (Lipinski definition) is 0. The Bertz CT molecular complexity index is 1140. The maximum absolute atomic E-state index is 13.2. The summed E-state index contributed by atoms with van der Waals surface area (Å²) in [5.41, 5.74) is 3.17. The van der Waals surface area contributed by atoms with Gasteiger partial charge in [0.15, 0.2) is 0 Å². The van der Waals surface area contributed by atoms with Crippen LogP contribution in [0.2, 0.25) is 0 Å². The summed E-state index contributed by atoms with van der Waals surface area (Å²) in [6, 6.07) is 13.4. The highest BCUT2D eigenvalue weighted by Crippen LogP contribution is 2.34. The largest absolute Gasteiger partial charge is 0.495 e. The van der Waals surface area contributed by atoms with Gasteiger partial charge < -0.3 is 9.64 Å². The number of benzene rings is 2. The Labute approximate surface area is 196 Å². The second-order valence-corrected chi connectivity index (χ2v) is 10.7. The van der Waals surface area contributed by atoms with Gasteiger partial charge in [-0.15, -0.1) is 0 Å². The maximum atomic E-state index is 13.2. The molecule has 1 aliphatic carbocycles. The van der Waals surface area contributed by atoms with E-state index in [1.54, 1.807) is 29.2 Å². The lowest BCUT2D eigenvalue weighted by Crippen LogP contribution is -2.35. The predicted molar refractivity (Wildman–Crippen MR) is 130 cm³/mol. The fraction of sp³-hybridized carbons (Fsp3) is 0.423. The third-order valence-electron chi connectivity index (χ3n) is 6.69.